The number of hydrogen-bond acceptors (Lipinski definition) is 6. The van der Waals surface area contributed by atoms with E-state index in [1.807, 2.05) is 55.5 Å². The van der Waals surface area contributed by atoms with Crippen molar-refractivity contribution in [1.82, 2.24) is 9.78 Å². The zero-order valence-electron chi connectivity index (χ0n) is 20.4. The van der Waals surface area contributed by atoms with Gasteiger partial charge in [0.25, 0.3) is 10.0 Å². The van der Waals surface area contributed by atoms with Gasteiger partial charge in [-0.1, -0.05) is 36.4 Å². The Balaban J connectivity index is 1.49. The number of aliphatic hydroxyl groups is 1. The first-order chi connectivity index (χ1) is 16.8. The summed E-state index contributed by atoms with van der Waals surface area (Å²) in [6, 6.07) is 13.1. The van der Waals surface area contributed by atoms with Gasteiger partial charge in [-0.25, -0.2) is 8.42 Å². The maximum absolute atomic E-state index is 13.6. The van der Waals surface area contributed by atoms with Crippen LogP contribution in [0.25, 0.3) is 6.08 Å². The molecule has 2 aromatic carbocycles. The standard InChI is InChI=1S/C26H31N3O5S/c1-5-8-20-11-12-24(25(15-20)33-4)34-17-22(30)16-28-19(3)26(18(2)27-28)35(31,32)29-14-13-21-9-6-7-10-23(21)29/h5-12,15,22,30H,13-14,16-17H2,1-4H3. The molecule has 0 amide bonds. The van der Waals surface area contributed by atoms with E-state index >= 15 is 0 Å². The second-order valence-corrected chi connectivity index (χ2v) is 10.3. The Kier molecular flexibility index (Phi) is 7.18. The zero-order valence-corrected chi connectivity index (χ0v) is 21.2. The number of nitrogens with zero attached hydrogens (tertiary/aromatic N) is 3. The Labute approximate surface area is 206 Å². The van der Waals surface area contributed by atoms with Gasteiger partial charge in [0.2, 0.25) is 0 Å². The predicted molar refractivity (Wildman–Crippen MR) is 136 cm³/mol. The van der Waals surface area contributed by atoms with Gasteiger partial charge >= 0.3 is 0 Å². The molecule has 0 spiro atoms. The number of allylic oxidation sites excluding steroid dienone is 1. The van der Waals surface area contributed by atoms with E-state index in [2.05, 4.69) is 5.10 Å². The van der Waals surface area contributed by atoms with E-state index < -0.39 is 16.1 Å². The summed E-state index contributed by atoms with van der Waals surface area (Å²) in [7, 11) is -2.22. The van der Waals surface area contributed by atoms with Gasteiger partial charge < -0.3 is 14.6 Å². The lowest BCUT2D eigenvalue weighted by Gasteiger charge is -2.20. The smallest absolute Gasteiger partial charge is 0.268 e. The van der Waals surface area contributed by atoms with Gasteiger partial charge in [0.1, 0.15) is 17.6 Å². The average Bonchev–Trinajstić information content (AvgIpc) is 3.39. The van der Waals surface area contributed by atoms with Crippen LogP contribution in [0.1, 0.15) is 29.4 Å². The highest BCUT2D eigenvalue weighted by Gasteiger charge is 2.35. The molecule has 3 aromatic rings. The highest BCUT2D eigenvalue weighted by molar-refractivity contribution is 7.93. The Morgan fingerprint density at radius 3 is 2.69 bits per heavy atom. The Hall–Kier alpha value is -3.30. The first-order valence-corrected chi connectivity index (χ1v) is 13.0. The summed E-state index contributed by atoms with van der Waals surface area (Å²) >= 11 is 0. The number of benzene rings is 2. The van der Waals surface area contributed by atoms with E-state index in [1.165, 1.54) is 8.99 Å². The van der Waals surface area contributed by atoms with E-state index in [4.69, 9.17) is 9.47 Å². The van der Waals surface area contributed by atoms with Gasteiger partial charge in [0.05, 0.1) is 30.7 Å². The average molecular weight is 498 g/mol. The van der Waals surface area contributed by atoms with Crippen LogP contribution in [-0.2, 0) is 23.0 Å². The molecule has 0 saturated carbocycles. The first kappa shape index (κ1) is 24.8. The molecule has 0 fully saturated rings. The molecule has 186 valence electrons. The van der Waals surface area contributed by atoms with Crippen LogP contribution in [0.2, 0.25) is 0 Å². The van der Waals surface area contributed by atoms with Crippen LogP contribution in [-0.4, -0.2) is 49.7 Å². The van der Waals surface area contributed by atoms with Crippen LogP contribution in [0.15, 0.2) is 53.4 Å². The monoisotopic (exact) mass is 497 g/mol. The summed E-state index contributed by atoms with van der Waals surface area (Å²) in [5.41, 5.74) is 3.59. The van der Waals surface area contributed by atoms with Crippen LogP contribution < -0.4 is 13.8 Å². The van der Waals surface area contributed by atoms with Crippen molar-refractivity contribution in [1.29, 1.82) is 0 Å². The van der Waals surface area contributed by atoms with Gasteiger partial charge in [0, 0.05) is 6.54 Å². The molecule has 1 aromatic heterocycles. The molecular formula is C26H31N3O5S. The maximum Gasteiger partial charge on any atom is 0.268 e. The first-order valence-electron chi connectivity index (χ1n) is 11.5. The lowest BCUT2D eigenvalue weighted by atomic mass is 10.2. The lowest BCUT2D eigenvalue weighted by molar-refractivity contribution is 0.0872. The van der Waals surface area contributed by atoms with Crippen molar-refractivity contribution in [2.24, 2.45) is 0 Å². The van der Waals surface area contributed by atoms with Crippen LogP contribution in [0.4, 0.5) is 5.69 Å². The molecule has 2 heterocycles. The fourth-order valence-corrected chi connectivity index (χ4v) is 6.32. The molecule has 1 unspecified atom stereocenters. The van der Waals surface area contributed by atoms with Gasteiger partial charge in [-0.2, -0.15) is 5.10 Å². The van der Waals surface area contributed by atoms with Gasteiger partial charge in [-0.15, -0.1) is 0 Å². The second-order valence-electron chi connectivity index (χ2n) is 8.51. The molecule has 8 nitrogen and oxygen atoms in total. The number of fused-ring (bicyclic) bond motifs is 1. The van der Waals surface area contributed by atoms with Gasteiger partial charge in [-0.05, 0) is 56.5 Å². The Bertz CT molecular complexity index is 1350. The van der Waals surface area contributed by atoms with E-state index in [-0.39, 0.29) is 18.0 Å². The van der Waals surface area contributed by atoms with Crippen LogP contribution in [0, 0.1) is 13.8 Å². The third-order valence-corrected chi connectivity index (χ3v) is 8.14. The topological polar surface area (TPSA) is 93.9 Å². The highest BCUT2D eigenvalue weighted by Crippen LogP contribution is 2.34. The summed E-state index contributed by atoms with van der Waals surface area (Å²) < 4.78 is 41.3. The van der Waals surface area contributed by atoms with Crippen LogP contribution in [0.5, 0.6) is 11.5 Å². The number of para-hydroxylation sites is 1. The normalized spacial score (nSPS) is 14.4. The Morgan fingerprint density at radius 1 is 1.17 bits per heavy atom. The molecule has 0 radical (unpaired) electrons. The zero-order chi connectivity index (χ0) is 25.2. The summed E-state index contributed by atoms with van der Waals surface area (Å²) in [5.74, 6) is 1.09. The van der Waals surface area contributed by atoms with Crippen LogP contribution >= 0.6 is 0 Å². The molecule has 0 bridgehead atoms. The highest BCUT2D eigenvalue weighted by atomic mass is 32.2. The fraction of sp³-hybridized carbons (Fsp3) is 0.346. The fourth-order valence-electron chi connectivity index (χ4n) is 4.44. The number of aryl methyl sites for hydroxylation is 1. The number of rotatable bonds is 9. The lowest BCUT2D eigenvalue weighted by Crippen LogP contribution is -2.30. The van der Waals surface area contributed by atoms with Crippen molar-refractivity contribution in [2.45, 2.75) is 44.7 Å². The molecule has 4 rings (SSSR count). The minimum absolute atomic E-state index is 0.000739. The molecule has 0 aliphatic carbocycles. The minimum atomic E-state index is -3.79. The molecule has 1 N–H and O–H groups in total. The number of aromatic nitrogens is 2. The number of aliphatic hydroxyl groups excluding tert-OH is 1. The van der Waals surface area contributed by atoms with Crippen molar-refractivity contribution >= 4 is 21.8 Å². The quantitative estimate of drug-likeness (QED) is 0.484. The summed E-state index contributed by atoms with van der Waals surface area (Å²) in [5, 5.41) is 15.1. The van der Waals surface area contributed by atoms with Crippen LogP contribution in [0.3, 0.4) is 0 Å². The third-order valence-electron chi connectivity index (χ3n) is 6.07. The van der Waals surface area contributed by atoms with Crippen molar-refractivity contribution in [3.63, 3.8) is 0 Å². The third kappa shape index (κ3) is 4.92. The number of ether oxygens (including phenoxy) is 2. The molecule has 1 atom stereocenters. The molecule has 9 heteroatoms. The van der Waals surface area contributed by atoms with Gasteiger partial charge in [0.15, 0.2) is 11.5 Å². The van der Waals surface area contributed by atoms with Crippen molar-refractivity contribution in [3.05, 3.63) is 71.1 Å². The molecule has 35 heavy (non-hydrogen) atoms. The second kappa shape index (κ2) is 10.1. The van der Waals surface area contributed by atoms with Crippen molar-refractivity contribution in [3.8, 4) is 11.5 Å². The summed E-state index contributed by atoms with van der Waals surface area (Å²) in [4.78, 5) is 0.184. The molecule has 0 saturated heterocycles. The number of anilines is 1. The minimum Gasteiger partial charge on any atom is -0.493 e. The molecule has 1 aliphatic rings. The summed E-state index contributed by atoms with van der Waals surface area (Å²) in [6.07, 6.45) is 3.66. The van der Waals surface area contributed by atoms with Crippen molar-refractivity contribution in [2.75, 3.05) is 24.6 Å². The van der Waals surface area contributed by atoms with E-state index in [9.17, 15) is 13.5 Å². The SMILES string of the molecule is CC=Cc1ccc(OCC(O)Cn2nc(C)c(S(=O)(=O)N3CCc4ccccc43)c2C)c(OC)c1. The molecular weight excluding hydrogens is 466 g/mol. The maximum atomic E-state index is 13.6. The molecule has 1 aliphatic heterocycles. The van der Waals surface area contributed by atoms with E-state index in [0.717, 1.165) is 11.1 Å². The number of sulfonamides is 1. The van der Waals surface area contributed by atoms with E-state index in [0.29, 0.717) is 41.5 Å². The number of methoxy groups -OCH3 is 1. The van der Waals surface area contributed by atoms with Crippen molar-refractivity contribution < 1.29 is 23.0 Å². The number of hydrogen-bond donors (Lipinski definition) is 1. The van der Waals surface area contributed by atoms with E-state index in [1.54, 1.807) is 27.0 Å². The predicted octanol–water partition coefficient (Wildman–Crippen LogP) is 3.73. The largest absolute Gasteiger partial charge is 0.493 e. The summed E-state index contributed by atoms with van der Waals surface area (Å²) in [6.45, 7) is 5.82. The van der Waals surface area contributed by atoms with Gasteiger partial charge in [-0.3, -0.25) is 8.99 Å². The Morgan fingerprint density at radius 2 is 1.94 bits per heavy atom.